The molecule has 0 atom stereocenters. The van der Waals surface area contributed by atoms with E-state index in [4.69, 9.17) is 0 Å². The molecule has 0 saturated carbocycles. The molecule has 6 heteroatoms. The van der Waals surface area contributed by atoms with Gasteiger partial charge in [0.05, 0.1) is 17.1 Å². The summed E-state index contributed by atoms with van der Waals surface area (Å²) in [5.74, 6) is 1.48. The second-order valence-electron chi connectivity index (χ2n) is 5.36. The molecule has 0 spiro atoms. The first-order valence-corrected chi connectivity index (χ1v) is 8.22. The molecule has 1 amide bonds. The quantitative estimate of drug-likeness (QED) is 0.800. The van der Waals surface area contributed by atoms with E-state index < -0.39 is 0 Å². The molecule has 23 heavy (non-hydrogen) atoms. The van der Waals surface area contributed by atoms with Crippen molar-refractivity contribution in [1.29, 1.82) is 0 Å². The lowest BCUT2D eigenvalue weighted by molar-refractivity contribution is -0.115. The van der Waals surface area contributed by atoms with Gasteiger partial charge < -0.3 is 9.88 Å². The molecule has 118 valence electrons. The Hall–Kier alpha value is -2.47. The van der Waals surface area contributed by atoms with Gasteiger partial charge in [-0.3, -0.25) is 4.79 Å². The molecule has 0 fully saturated rings. The van der Waals surface area contributed by atoms with Crippen LogP contribution >= 0.6 is 11.3 Å². The van der Waals surface area contributed by atoms with Crippen LogP contribution in [0, 0.1) is 13.8 Å². The van der Waals surface area contributed by atoms with E-state index in [0.29, 0.717) is 5.82 Å². The number of nitrogens with zero attached hydrogens (tertiary/aromatic N) is 3. The predicted octanol–water partition coefficient (Wildman–Crippen LogP) is 3.34. The van der Waals surface area contributed by atoms with Crippen LogP contribution in [0.25, 0.3) is 11.3 Å². The average molecular weight is 326 g/mol. The van der Waals surface area contributed by atoms with Gasteiger partial charge >= 0.3 is 0 Å². The maximum absolute atomic E-state index is 12.3. The Bertz CT molecular complexity index is 836. The fourth-order valence-electron chi connectivity index (χ4n) is 2.38. The molecule has 0 radical (unpaired) electrons. The number of imidazole rings is 1. The first kappa shape index (κ1) is 15.4. The van der Waals surface area contributed by atoms with Gasteiger partial charge in [-0.15, -0.1) is 11.3 Å². The topological polar surface area (TPSA) is 59.8 Å². The number of aromatic nitrogens is 3. The Balaban J connectivity index is 1.86. The summed E-state index contributed by atoms with van der Waals surface area (Å²) in [7, 11) is 1.90. The monoisotopic (exact) mass is 326 g/mol. The first-order valence-electron chi connectivity index (χ1n) is 7.34. The standard InChI is InChI=1S/C17H18N4OS/c1-11-18-16(13-7-5-4-6-8-13)17(21(11)3)20-15(22)9-14-10-23-12(2)19-14/h4-8,10H,9H2,1-3H3,(H,20,22). The number of hydrogen-bond acceptors (Lipinski definition) is 4. The predicted molar refractivity (Wildman–Crippen MR) is 92.6 cm³/mol. The number of aryl methyl sites for hydroxylation is 2. The number of benzene rings is 1. The minimum absolute atomic E-state index is 0.0875. The molecule has 1 N–H and O–H groups in total. The fourth-order valence-corrected chi connectivity index (χ4v) is 2.99. The maximum atomic E-state index is 12.3. The van der Waals surface area contributed by atoms with Crippen LogP contribution in [0.4, 0.5) is 5.82 Å². The lowest BCUT2D eigenvalue weighted by Crippen LogP contribution is -2.17. The second-order valence-corrected chi connectivity index (χ2v) is 6.43. The molecule has 0 unspecified atom stereocenters. The zero-order valence-corrected chi connectivity index (χ0v) is 14.1. The Morgan fingerprint density at radius 2 is 1.96 bits per heavy atom. The van der Waals surface area contributed by atoms with Crippen molar-refractivity contribution in [3.05, 3.63) is 52.2 Å². The highest BCUT2D eigenvalue weighted by molar-refractivity contribution is 7.09. The van der Waals surface area contributed by atoms with Gasteiger partial charge in [0, 0.05) is 18.0 Å². The average Bonchev–Trinajstić information content (AvgIpc) is 3.06. The third-order valence-corrected chi connectivity index (χ3v) is 4.45. The van der Waals surface area contributed by atoms with E-state index in [1.807, 2.05) is 61.2 Å². The van der Waals surface area contributed by atoms with Gasteiger partial charge in [-0.05, 0) is 13.8 Å². The normalized spacial score (nSPS) is 10.7. The van der Waals surface area contributed by atoms with Crippen LogP contribution < -0.4 is 5.32 Å². The molecular formula is C17H18N4OS. The fraction of sp³-hybridized carbons (Fsp3) is 0.235. The molecule has 0 aliphatic rings. The number of carbonyl (C=O) groups excluding carboxylic acids is 1. The molecule has 1 aromatic carbocycles. The number of thiazole rings is 1. The summed E-state index contributed by atoms with van der Waals surface area (Å²) >= 11 is 1.55. The minimum atomic E-state index is -0.0875. The van der Waals surface area contributed by atoms with Gasteiger partial charge in [-0.1, -0.05) is 30.3 Å². The molecule has 3 aromatic rings. The van der Waals surface area contributed by atoms with E-state index in [1.54, 1.807) is 11.3 Å². The number of carbonyl (C=O) groups is 1. The van der Waals surface area contributed by atoms with Gasteiger partial charge in [-0.2, -0.15) is 0 Å². The zero-order valence-electron chi connectivity index (χ0n) is 13.3. The molecule has 0 saturated heterocycles. The highest BCUT2D eigenvalue weighted by Crippen LogP contribution is 2.27. The minimum Gasteiger partial charge on any atom is -0.318 e. The molecule has 2 aromatic heterocycles. The third kappa shape index (κ3) is 3.32. The number of nitrogens with one attached hydrogen (secondary N) is 1. The van der Waals surface area contributed by atoms with Crippen LogP contribution in [0.15, 0.2) is 35.7 Å². The Morgan fingerprint density at radius 3 is 2.61 bits per heavy atom. The summed E-state index contributed by atoms with van der Waals surface area (Å²) in [5, 5.41) is 5.87. The summed E-state index contributed by atoms with van der Waals surface area (Å²) in [6, 6.07) is 9.86. The van der Waals surface area contributed by atoms with Gasteiger partial charge in [0.25, 0.3) is 0 Å². The zero-order chi connectivity index (χ0) is 16.4. The van der Waals surface area contributed by atoms with Crippen LogP contribution in [0.2, 0.25) is 0 Å². The second kappa shape index (κ2) is 6.34. The van der Waals surface area contributed by atoms with E-state index in [0.717, 1.165) is 27.8 Å². The Labute approximate surface area is 139 Å². The van der Waals surface area contributed by atoms with E-state index in [1.165, 1.54) is 0 Å². The first-order chi connectivity index (χ1) is 11.0. The molecule has 5 nitrogen and oxygen atoms in total. The van der Waals surface area contributed by atoms with E-state index in [-0.39, 0.29) is 12.3 Å². The third-order valence-electron chi connectivity index (χ3n) is 3.63. The van der Waals surface area contributed by atoms with Crippen molar-refractivity contribution < 1.29 is 4.79 Å². The van der Waals surface area contributed by atoms with Crippen LogP contribution in [-0.4, -0.2) is 20.4 Å². The maximum Gasteiger partial charge on any atom is 0.231 e. The van der Waals surface area contributed by atoms with Crippen LogP contribution in [-0.2, 0) is 18.3 Å². The lowest BCUT2D eigenvalue weighted by Gasteiger charge is -2.08. The van der Waals surface area contributed by atoms with Crippen molar-refractivity contribution in [2.24, 2.45) is 7.05 Å². The summed E-state index contributed by atoms with van der Waals surface area (Å²) in [6.07, 6.45) is 0.267. The Kier molecular flexibility index (Phi) is 4.25. The summed E-state index contributed by atoms with van der Waals surface area (Å²) in [4.78, 5) is 21.3. The van der Waals surface area contributed by atoms with Crippen molar-refractivity contribution in [2.45, 2.75) is 20.3 Å². The number of amides is 1. The van der Waals surface area contributed by atoms with Crippen molar-refractivity contribution >= 4 is 23.1 Å². The van der Waals surface area contributed by atoms with Gasteiger partial charge in [0.1, 0.15) is 17.3 Å². The van der Waals surface area contributed by atoms with E-state index >= 15 is 0 Å². The highest BCUT2D eigenvalue weighted by Gasteiger charge is 2.17. The summed E-state index contributed by atoms with van der Waals surface area (Å²) in [5.41, 5.74) is 2.56. The number of hydrogen-bond donors (Lipinski definition) is 1. The number of anilines is 1. The largest absolute Gasteiger partial charge is 0.318 e. The smallest absolute Gasteiger partial charge is 0.231 e. The van der Waals surface area contributed by atoms with Crippen LogP contribution in [0.1, 0.15) is 16.5 Å². The number of rotatable bonds is 4. The SMILES string of the molecule is Cc1nc(CC(=O)Nc2c(-c3ccccc3)nc(C)n2C)cs1. The van der Waals surface area contributed by atoms with Gasteiger partial charge in [0.2, 0.25) is 5.91 Å². The molecule has 0 aliphatic carbocycles. The van der Waals surface area contributed by atoms with E-state index in [2.05, 4.69) is 15.3 Å². The van der Waals surface area contributed by atoms with Crippen molar-refractivity contribution in [2.75, 3.05) is 5.32 Å². The Morgan fingerprint density at radius 1 is 1.22 bits per heavy atom. The van der Waals surface area contributed by atoms with Crippen molar-refractivity contribution in [3.63, 3.8) is 0 Å². The van der Waals surface area contributed by atoms with Crippen LogP contribution in [0.5, 0.6) is 0 Å². The lowest BCUT2D eigenvalue weighted by atomic mass is 10.1. The summed E-state index contributed by atoms with van der Waals surface area (Å²) < 4.78 is 1.90. The van der Waals surface area contributed by atoms with Crippen LogP contribution in [0.3, 0.4) is 0 Å². The van der Waals surface area contributed by atoms with Crippen molar-refractivity contribution in [1.82, 2.24) is 14.5 Å². The van der Waals surface area contributed by atoms with Gasteiger partial charge in [0.15, 0.2) is 0 Å². The van der Waals surface area contributed by atoms with Crippen molar-refractivity contribution in [3.8, 4) is 11.3 Å². The molecule has 2 heterocycles. The molecule has 3 rings (SSSR count). The summed E-state index contributed by atoms with van der Waals surface area (Å²) in [6.45, 7) is 3.86. The molecule has 0 bridgehead atoms. The molecular weight excluding hydrogens is 308 g/mol. The van der Waals surface area contributed by atoms with Gasteiger partial charge in [-0.25, -0.2) is 9.97 Å². The highest BCUT2D eigenvalue weighted by atomic mass is 32.1. The molecule has 0 aliphatic heterocycles. The van der Waals surface area contributed by atoms with E-state index in [9.17, 15) is 4.79 Å².